The van der Waals surface area contributed by atoms with Crippen LogP contribution in [0.1, 0.15) is 42.6 Å². The molecule has 50 heavy (non-hydrogen) atoms. The third-order valence-corrected chi connectivity index (χ3v) is 8.80. The minimum atomic E-state index is -7.67. The van der Waals surface area contributed by atoms with E-state index < -0.39 is 74.6 Å². The Morgan fingerprint density at radius 1 is 1.04 bits per heavy atom. The molecule has 1 saturated carbocycles. The number of carbonyl (C=O) groups is 2. The van der Waals surface area contributed by atoms with Crippen molar-refractivity contribution < 1.29 is 70.8 Å². The molecule has 1 aliphatic carbocycles. The van der Waals surface area contributed by atoms with Gasteiger partial charge in [0, 0.05) is 18.8 Å². The zero-order chi connectivity index (χ0) is 38.0. The molecule has 1 aliphatic rings. The van der Waals surface area contributed by atoms with Gasteiger partial charge in [-0.25, -0.2) is 23.4 Å². The van der Waals surface area contributed by atoms with Gasteiger partial charge in [-0.2, -0.15) is 58.3 Å². The summed E-state index contributed by atoms with van der Waals surface area (Å²) < 4.78 is 168. The standard InChI is InChI=1S/C26H19ClF10N6O6S/c1-12(2)48-21(45)43(22(11-38)6-7-22)20(44)15-8-13(4-5-16(15)27)14-9-39-42(10-14)19-17(23(28,29)30)18(40-41(19)3)49-50(46,47)24(31,25(32,33)34)26(35,36)37/h4-5,8-10,12H,6-7H2,1-3H3. The van der Waals surface area contributed by atoms with E-state index in [0.29, 0.717) is 16.6 Å². The van der Waals surface area contributed by atoms with Gasteiger partial charge in [0.1, 0.15) is 5.54 Å². The Morgan fingerprint density at radius 3 is 2.10 bits per heavy atom. The van der Waals surface area contributed by atoms with Crippen LogP contribution in [0.5, 0.6) is 5.88 Å². The first kappa shape index (κ1) is 38.2. The molecule has 1 aromatic carbocycles. The van der Waals surface area contributed by atoms with Crippen molar-refractivity contribution in [2.75, 3.05) is 0 Å². The highest BCUT2D eigenvalue weighted by Gasteiger charge is 2.82. The summed E-state index contributed by atoms with van der Waals surface area (Å²) in [6.45, 7) is 2.97. The van der Waals surface area contributed by atoms with Crippen molar-refractivity contribution in [1.82, 2.24) is 24.5 Å². The molecule has 3 aromatic rings. The van der Waals surface area contributed by atoms with Crippen molar-refractivity contribution >= 4 is 33.7 Å². The summed E-state index contributed by atoms with van der Waals surface area (Å²) in [7, 11) is -7.02. The van der Waals surface area contributed by atoms with E-state index in [9.17, 15) is 67.2 Å². The molecule has 0 unspecified atom stereocenters. The van der Waals surface area contributed by atoms with Gasteiger partial charge < -0.3 is 8.92 Å². The van der Waals surface area contributed by atoms with E-state index >= 15 is 0 Å². The Kier molecular flexibility index (Phi) is 9.42. The van der Waals surface area contributed by atoms with Gasteiger partial charge in [0.05, 0.1) is 29.0 Å². The number of nitriles is 1. The fourth-order valence-corrected chi connectivity index (χ4v) is 5.66. The summed E-state index contributed by atoms with van der Waals surface area (Å²) in [5.74, 6) is -4.80. The first-order valence-corrected chi connectivity index (χ1v) is 15.2. The minimum Gasteiger partial charge on any atom is -0.446 e. The Balaban J connectivity index is 1.79. The summed E-state index contributed by atoms with van der Waals surface area (Å²) in [4.78, 5) is 27.0. The van der Waals surface area contributed by atoms with Crippen LogP contribution < -0.4 is 4.18 Å². The van der Waals surface area contributed by atoms with Crippen LogP contribution in [0.25, 0.3) is 16.9 Å². The number of halogens is 11. The Bertz CT molecular complexity index is 1980. The lowest BCUT2D eigenvalue weighted by Gasteiger charge is -2.28. The number of aromatic nitrogens is 4. The van der Waals surface area contributed by atoms with Crippen LogP contribution >= 0.6 is 11.6 Å². The summed E-state index contributed by atoms with van der Waals surface area (Å²) in [6.07, 6.45) is -20.3. The van der Waals surface area contributed by atoms with E-state index in [2.05, 4.69) is 14.4 Å². The van der Waals surface area contributed by atoms with Crippen molar-refractivity contribution in [3.63, 3.8) is 0 Å². The van der Waals surface area contributed by atoms with Crippen molar-refractivity contribution in [3.05, 3.63) is 46.7 Å². The van der Waals surface area contributed by atoms with Gasteiger partial charge in [0.15, 0.2) is 11.4 Å². The molecule has 24 heteroatoms. The number of benzene rings is 1. The first-order chi connectivity index (χ1) is 22.7. The van der Waals surface area contributed by atoms with Crippen molar-refractivity contribution in [2.24, 2.45) is 7.05 Å². The summed E-state index contributed by atoms with van der Waals surface area (Å²) >= 11 is 6.21. The number of ether oxygens (including phenoxy) is 1. The largest absolute Gasteiger partial charge is 0.450 e. The summed E-state index contributed by atoms with van der Waals surface area (Å²) in [6, 6.07) is 5.32. The zero-order valence-corrected chi connectivity index (χ0v) is 26.6. The molecule has 2 amide bonds. The molecule has 1 fully saturated rings. The van der Waals surface area contributed by atoms with Gasteiger partial charge in [-0.3, -0.25) is 4.79 Å². The number of hydrogen-bond acceptors (Lipinski definition) is 9. The number of nitrogens with zero attached hydrogens (tertiary/aromatic N) is 6. The van der Waals surface area contributed by atoms with Gasteiger partial charge in [-0.1, -0.05) is 17.7 Å². The summed E-state index contributed by atoms with van der Waals surface area (Å²) in [5, 5.41) is 8.85. The fourth-order valence-electron chi connectivity index (χ4n) is 4.45. The monoisotopic (exact) mass is 768 g/mol. The van der Waals surface area contributed by atoms with Crippen LogP contribution in [0.15, 0.2) is 30.6 Å². The second kappa shape index (κ2) is 12.3. The third-order valence-electron chi connectivity index (χ3n) is 6.94. The summed E-state index contributed by atoms with van der Waals surface area (Å²) in [5.41, 5.74) is -4.44. The van der Waals surface area contributed by atoms with Crippen LogP contribution in [0.2, 0.25) is 5.02 Å². The van der Waals surface area contributed by atoms with Crippen LogP contribution in [0, 0.1) is 11.3 Å². The number of carbonyl (C=O) groups excluding carboxylic acids is 2. The van der Waals surface area contributed by atoms with Crippen LogP contribution in [0.4, 0.5) is 48.7 Å². The maximum atomic E-state index is 14.3. The van der Waals surface area contributed by atoms with E-state index in [0.717, 1.165) is 24.5 Å². The molecular formula is C26H19ClF10N6O6S. The topological polar surface area (TPSA) is 149 Å². The molecule has 272 valence electrons. The normalized spacial score (nSPS) is 15.1. The Hall–Kier alpha value is -4.59. The van der Waals surface area contributed by atoms with Crippen LogP contribution in [-0.2, 0) is 28.1 Å². The number of imide groups is 1. The molecule has 0 N–H and O–H groups in total. The van der Waals surface area contributed by atoms with Crippen LogP contribution in [0.3, 0.4) is 0 Å². The minimum absolute atomic E-state index is 0.0182. The molecule has 0 atom stereocenters. The van der Waals surface area contributed by atoms with E-state index in [-0.39, 0.29) is 39.2 Å². The van der Waals surface area contributed by atoms with Gasteiger partial charge >= 0.3 is 39.7 Å². The third kappa shape index (κ3) is 6.52. The maximum Gasteiger partial charge on any atom is 0.450 e. The molecule has 12 nitrogen and oxygen atoms in total. The van der Waals surface area contributed by atoms with Crippen molar-refractivity contribution in [1.29, 1.82) is 5.26 Å². The second-order valence-corrected chi connectivity index (χ2v) is 12.9. The SMILES string of the molecule is CC(C)OC(=O)N(C(=O)c1cc(-c2cnn(-c3c(C(F)(F)F)c(OS(=O)(=O)C(F)(C(F)(F)F)C(F)(F)F)nn3C)c2)ccc1Cl)C1(C#N)CC1. The smallest absolute Gasteiger partial charge is 0.446 e. The van der Waals surface area contributed by atoms with Gasteiger partial charge in [0.25, 0.3) is 11.8 Å². The Morgan fingerprint density at radius 2 is 1.62 bits per heavy atom. The van der Waals surface area contributed by atoms with E-state index in [1.165, 1.54) is 19.9 Å². The lowest BCUT2D eigenvalue weighted by molar-refractivity contribution is -0.307. The molecule has 2 heterocycles. The molecular weight excluding hydrogens is 750 g/mol. The molecule has 0 aliphatic heterocycles. The van der Waals surface area contributed by atoms with Crippen molar-refractivity contribution in [2.45, 2.75) is 61.9 Å². The van der Waals surface area contributed by atoms with E-state index in [1.807, 2.05) is 6.07 Å². The molecule has 2 aromatic heterocycles. The molecule has 0 radical (unpaired) electrons. The number of aryl methyl sites for hydroxylation is 1. The molecule has 0 saturated heterocycles. The highest BCUT2D eigenvalue weighted by molar-refractivity contribution is 7.88. The lowest BCUT2D eigenvalue weighted by Crippen LogP contribution is -2.60. The second-order valence-electron chi connectivity index (χ2n) is 10.8. The predicted octanol–water partition coefficient (Wildman–Crippen LogP) is 6.49. The average molecular weight is 769 g/mol. The van der Waals surface area contributed by atoms with E-state index in [4.69, 9.17) is 16.3 Å². The fraction of sp³-hybridized carbons (Fsp3) is 0.423. The highest BCUT2D eigenvalue weighted by Crippen LogP contribution is 2.51. The molecule has 4 rings (SSSR count). The molecule has 0 spiro atoms. The van der Waals surface area contributed by atoms with Gasteiger partial charge in [0.2, 0.25) is 0 Å². The Labute approximate surface area is 278 Å². The number of hydrogen-bond donors (Lipinski definition) is 0. The molecule has 0 bridgehead atoms. The maximum absolute atomic E-state index is 14.3. The quantitative estimate of drug-likeness (QED) is 0.185. The van der Waals surface area contributed by atoms with Gasteiger partial charge in [-0.15, -0.1) is 5.10 Å². The average Bonchev–Trinajstić information content (AvgIpc) is 3.44. The lowest BCUT2D eigenvalue weighted by atomic mass is 10.0. The zero-order valence-electron chi connectivity index (χ0n) is 25.1. The first-order valence-electron chi connectivity index (χ1n) is 13.4. The van der Waals surface area contributed by atoms with Crippen molar-refractivity contribution in [3.8, 4) is 28.9 Å². The van der Waals surface area contributed by atoms with E-state index in [1.54, 1.807) is 0 Å². The number of alkyl halides is 10. The number of amides is 2. The highest BCUT2D eigenvalue weighted by atomic mass is 35.5. The predicted molar refractivity (Wildman–Crippen MR) is 147 cm³/mol. The van der Waals surface area contributed by atoms with Crippen LogP contribution in [-0.4, -0.2) is 73.9 Å². The van der Waals surface area contributed by atoms with Gasteiger partial charge in [-0.05, 0) is 44.4 Å². The number of rotatable bonds is 8.